The number of rotatable bonds is 39. The molecule has 0 aliphatic heterocycles. The second kappa shape index (κ2) is 39.6. The lowest BCUT2D eigenvalue weighted by Crippen LogP contribution is -2.34. The molecule has 0 aromatic carbocycles. The number of aliphatic carboxylic acids is 1. The van der Waals surface area contributed by atoms with Gasteiger partial charge in [0.05, 0.1) is 19.8 Å². The van der Waals surface area contributed by atoms with Crippen molar-refractivity contribution in [1.82, 2.24) is 0 Å². The molecule has 0 aromatic rings. The number of unbranched alkanes of at least 4 members (excludes halogenated alkanes) is 13. The van der Waals surface area contributed by atoms with E-state index in [0.717, 1.165) is 70.6 Å². The van der Waals surface area contributed by atoms with E-state index in [-0.39, 0.29) is 13.0 Å². The molecule has 0 bridgehead atoms. The molecule has 0 aromatic heterocycles. The van der Waals surface area contributed by atoms with Gasteiger partial charge in [0.25, 0.3) is 0 Å². The second-order valence-corrected chi connectivity index (χ2v) is 15.2. The van der Waals surface area contributed by atoms with E-state index in [0.29, 0.717) is 13.0 Å². The molecule has 3 unspecified atom stereocenters. The maximum absolute atomic E-state index is 12.6. The molecule has 0 aliphatic rings. The number of carboxylic acids is 1. The van der Waals surface area contributed by atoms with Crippen molar-refractivity contribution in [1.29, 1.82) is 0 Å². The molecule has 3 atom stereocenters. The molecule has 0 aliphatic carbocycles. The first-order valence-electron chi connectivity index (χ1n) is 21.0. The van der Waals surface area contributed by atoms with Crippen molar-refractivity contribution in [2.75, 3.05) is 26.4 Å². The summed E-state index contributed by atoms with van der Waals surface area (Å²) in [5.41, 5.74) is 5.35. The zero-order valence-corrected chi connectivity index (χ0v) is 35.1. The van der Waals surface area contributed by atoms with Gasteiger partial charge in [-0.3, -0.25) is 18.6 Å². The van der Waals surface area contributed by atoms with Crippen LogP contribution < -0.4 is 5.73 Å². The number of carbonyl (C=O) groups is 2. The molecule has 4 N–H and O–H groups in total. The highest BCUT2D eigenvalue weighted by molar-refractivity contribution is 7.47. The Morgan fingerprint density at radius 2 is 1.05 bits per heavy atom. The van der Waals surface area contributed by atoms with Crippen LogP contribution in [0.25, 0.3) is 0 Å². The average Bonchev–Trinajstić information content (AvgIpc) is 3.16. The molecule has 10 nitrogen and oxygen atoms in total. The van der Waals surface area contributed by atoms with Gasteiger partial charge in [-0.25, -0.2) is 4.57 Å². The Balaban J connectivity index is 4.34. The number of hydrogen-bond donors (Lipinski definition) is 3. The van der Waals surface area contributed by atoms with Crippen molar-refractivity contribution in [2.45, 2.75) is 167 Å². The summed E-state index contributed by atoms with van der Waals surface area (Å²) in [7, 11) is -4.63. The number of hydrogen-bond acceptors (Lipinski definition) is 8. The molecule has 0 saturated carbocycles. The number of carbonyl (C=O) groups excluding carboxylic acids is 1. The van der Waals surface area contributed by atoms with E-state index < -0.39 is 45.1 Å². The van der Waals surface area contributed by atoms with Crippen LogP contribution in [0.3, 0.4) is 0 Å². The van der Waals surface area contributed by atoms with Crippen molar-refractivity contribution in [3.05, 3.63) is 72.9 Å². The molecule has 316 valence electrons. The quantitative estimate of drug-likeness (QED) is 0.0237. The third-order valence-corrected chi connectivity index (χ3v) is 9.42. The number of carboxylic acid groups (broad SMARTS) is 1. The molecule has 0 heterocycles. The SMILES string of the molecule is CC/C=C\C/C=C\C/C=C\C/C=C\CCCCC(=O)OC(COCCCCCCCCCC/C=C\C/C=C\CCCCC)COP(=O)(O)OCC(N)C(=O)O. The van der Waals surface area contributed by atoms with E-state index in [1.807, 2.05) is 0 Å². The number of nitrogens with two attached hydrogens (primary N) is 1. The number of esters is 1. The summed E-state index contributed by atoms with van der Waals surface area (Å²) >= 11 is 0. The molecule has 55 heavy (non-hydrogen) atoms. The third-order valence-electron chi connectivity index (χ3n) is 8.47. The molecular formula is C44H76NO9P. The van der Waals surface area contributed by atoms with Gasteiger partial charge in [0.1, 0.15) is 12.1 Å². The Hall–Kier alpha value is -2.59. The standard InChI is InChI=1S/C44H76NO9P/c1-3-5-7-9-11-13-15-17-19-20-21-23-25-27-29-31-33-35-37-51-38-41(39-52-55(49,50)53-40-42(45)44(47)48)54-43(46)36-34-32-30-28-26-24-22-18-16-14-12-10-8-6-4-2/h6,8,11-14,17-19,22,26,28,41-42H,3-5,7,9-10,15-16,20-21,23-25,27,29-40,45H2,1-2H3,(H,47,48)(H,49,50)/b8-6-,13-11-,14-12-,19-17-,22-18-,28-26-. The summed E-state index contributed by atoms with van der Waals surface area (Å²) in [6.07, 6.45) is 48.1. The first-order chi connectivity index (χ1) is 26.7. The van der Waals surface area contributed by atoms with Gasteiger partial charge in [0.2, 0.25) is 0 Å². The summed E-state index contributed by atoms with van der Waals surface area (Å²) in [6, 6.07) is -1.48. The van der Waals surface area contributed by atoms with Gasteiger partial charge in [-0.1, -0.05) is 138 Å². The van der Waals surface area contributed by atoms with Crippen LogP contribution in [-0.4, -0.2) is 60.5 Å². The van der Waals surface area contributed by atoms with Gasteiger partial charge in [-0.2, -0.15) is 0 Å². The zero-order chi connectivity index (χ0) is 40.5. The zero-order valence-electron chi connectivity index (χ0n) is 34.2. The van der Waals surface area contributed by atoms with Gasteiger partial charge in [-0.05, 0) is 83.5 Å². The summed E-state index contributed by atoms with van der Waals surface area (Å²) in [5.74, 6) is -1.83. The van der Waals surface area contributed by atoms with Crippen molar-refractivity contribution < 1.29 is 42.7 Å². The third kappa shape index (κ3) is 39.4. The van der Waals surface area contributed by atoms with E-state index in [9.17, 15) is 19.0 Å². The fraction of sp³-hybridized carbons (Fsp3) is 0.682. The second-order valence-electron chi connectivity index (χ2n) is 13.7. The molecular weight excluding hydrogens is 717 g/mol. The Morgan fingerprint density at radius 3 is 1.58 bits per heavy atom. The molecule has 0 radical (unpaired) electrons. The van der Waals surface area contributed by atoms with Crippen LogP contribution in [0.1, 0.15) is 155 Å². The van der Waals surface area contributed by atoms with Gasteiger partial charge in [0, 0.05) is 13.0 Å². The number of ether oxygens (including phenoxy) is 2. The van der Waals surface area contributed by atoms with E-state index in [1.54, 1.807) is 0 Å². The summed E-state index contributed by atoms with van der Waals surface area (Å²) in [5, 5.41) is 8.89. The molecule has 11 heteroatoms. The molecule has 0 saturated heterocycles. The first kappa shape index (κ1) is 52.4. The van der Waals surface area contributed by atoms with Gasteiger partial charge in [0.15, 0.2) is 0 Å². The largest absolute Gasteiger partial charge is 0.480 e. The van der Waals surface area contributed by atoms with Crippen LogP contribution in [-0.2, 0) is 32.7 Å². The lowest BCUT2D eigenvalue weighted by atomic mass is 10.1. The van der Waals surface area contributed by atoms with E-state index in [1.165, 1.54) is 57.8 Å². The fourth-order valence-corrected chi connectivity index (χ4v) is 5.99. The van der Waals surface area contributed by atoms with Gasteiger partial charge in [-0.15, -0.1) is 0 Å². The highest BCUT2D eigenvalue weighted by Gasteiger charge is 2.27. The lowest BCUT2D eigenvalue weighted by molar-refractivity contribution is -0.154. The topological polar surface area (TPSA) is 155 Å². The van der Waals surface area contributed by atoms with Crippen molar-refractivity contribution in [2.24, 2.45) is 5.73 Å². The van der Waals surface area contributed by atoms with Crippen LogP contribution in [0.5, 0.6) is 0 Å². The summed E-state index contributed by atoms with van der Waals surface area (Å²) in [6.45, 7) is 3.65. The highest BCUT2D eigenvalue weighted by Crippen LogP contribution is 2.43. The number of allylic oxidation sites excluding steroid dienone is 12. The van der Waals surface area contributed by atoms with Crippen molar-refractivity contribution >= 4 is 19.8 Å². The Morgan fingerprint density at radius 1 is 0.600 bits per heavy atom. The monoisotopic (exact) mass is 794 g/mol. The van der Waals surface area contributed by atoms with Crippen LogP contribution in [0, 0.1) is 0 Å². The van der Waals surface area contributed by atoms with Gasteiger partial charge < -0.3 is 25.2 Å². The average molecular weight is 794 g/mol. The maximum atomic E-state index is 12.6. The summed E-state index contributed by atoms with van der Waals surface area (Å²) < 4.78 is 33.3. The van der Waals surface area contributed by atoms with Crippen molar-refractivity contribution in [3.8, 4) is 0 Å². The van der Waals surface area contributed by atoms with Gasteiger partial charge >= 0.3 is 19.8 Å². The number of phosphoric ester groups is 1. The van der Waals surface area contributed by atoms with Crippen LogP contribution in [0.2, 0.25) is 0 Å². The fourth-order valence-electron chi connectivity index (χ4n) is 5.21. The Labute approximate surface area is 334 Å². The molecule has 0 fully saturated rings. The normalized spacial score (nSPS) is 14.7. The smallest absolute Gasteiger partial charge is 0.472 e. The highest BCUT2D eigenvalue weighted by atomic mass is 31.2. The Kier molecular flexibility index (Phi) is 37.8. The minimum Gasteiger partial charge on any atom is -0.480 e. The van der Waals surface area contributed by atoms with Crippen LogP contribution >= 0.6 is 7.82 Å². The van der Waals surface area contributed by atoms with E-state index in [4.69, 9.17) is 29.4 Å². The first-order valence-corrected chi connectivity index (χ1v) is 22.5. The minimum absolute atomic E-state index is 0.00791. The minimum atomic E-state index is -4.63. The lowest BCUT2D eigenvalue weighted by Gasteiger charge is -2.20. The molecule has 0 spiro atoms. The van der Waals surface area contributed by atoms with E-state index in [2.05, 4.69) is 86.8 Å². The maximum Gasteiger partial charge on any atom is 0.472 e. The number of phosphoric acid groups is 1. The molecule has 0 rings (SSSR count). The predicted octanol–water partition coefficient (Wildman–Crippen LogP) is 11.4. The molecule has 0 amide bonds. The van der Waals surface area contributed by atoms with Crippen molar-refractivity contribution in [3.63, 3.8) is 0 Å². The van der Waals surface area contributed by atoms with E-state index >= 15 is 0 Å². The van der Waals surface area contributed by atoms with Crippen LogP contribution in [0.15, 0.2) is 72.9 Å². The predicted molar refractivity (Wildman–Crippen MR) is 226 cm³/mol. The summed E-state index contributed by atoms with van der Waals surface area (Å²) in [4.78, 5) is 33.5. The van der Waals surface area contributed by atoms with Crippen LogP contribution in [0.4, 0.5) is 0 Å². The Bertz CT molecular complexity index is 1150.